The molecule has 0 aliphatic heterocycles. The highest BCUT2D eigenvalue weighted by Crippen LogP contribution is 2.33. The van der Waals surface area contributed by atoms with Crippen molar-refractivity contribution in [3.8, 4) is 34.5 Å². The van der Waals surface area contributed by atoms with Crippen molar-refractivity contribution < 1.29 is 71.9 Å². The molecule has 0 saturated heterocycles. The van der Waals surface area contributed by atoms with Crippen LogP contribution in [0.3, 0.4) is 0 Å². The monoisotopic (exact) mass is 830 g/mol. The standard InChI is InChI=1S/C45H50O15/c1-29(2)42(47)53-27-51-36-13-17-38(18-14-36)57-44(49)33-9-7-32(8-10-33)26-56-60-41-22-21-40(23-35(41)24-46)58-45(50)34-11-5-31(6-12-34)25-55-59-39-19-15-37(16-20-39)52-28-54-43(48)30(3)4/h13-24,31-34H,1,3,5-12,25-28H2,2,4H3. The fourth-order valence-electron chi connectivity index (χ4n) is 6.42. The van der Waals surface area contributed by atoms with Gasteiger partial charge in [-0.3, -0.25) is 14.4 Å². The number of esters is 4. The summed E-state index contributed by atoms with van der Waals surface area (Å²) in [5.74, 6) is 0.258. The van der Waals surface area contributed by atoms with Gasteiger partial charge in [-0.1, -0.05) is 13.2 Å². The first-order valence-corrected chi connectivity index (χ1v) is 19.7. The second-order valence-electron chi connectivity index (χ2n) is 14.7. The Kier molecular flexibility index (Phi) is 17.1. The normalized spacial score (nSPS) is 18.5. The Morgan fingerprint density at radius 2 is 0.983 bits per heavy atom. The molecule has 15 nitrogen and oxygen atoms in total. The number of ether oxygens (including phenoxy) is 6. The third-order valence-corrected chi connectivity index (χ3v) is 9.99. The van der Waals surface area contributed by atoms with Gasteiger partial charge in [-0.05, 0) is 144 Å². The van der Waals surface area contributed by atoms with Crippen LogP contribution in [0.15, 0.2) is 91.0 Å². The molecule has 0 amide bonds. The van der Waals surface area contributed by atoms with Gasteiger partial charge in [0.2, 0.25) is 13.6 Å². The highest BCUT2D eigenvalue weighted by molar-refractivity contribution is 5.87. The van der Waals surface area contributed by atoms with Crippen molar-refractivity contribution in [3.05, 3.63) is 96.6 Å². The average molecular weight is 831 g/mol. The van der Waals surface area contributed by atoms with E-state index in [9.17, 15) is 24.0 Å². The molecule has 3 aromatic carbocycles. The lowest BCUT2D eigenvalue weighted by Crippen LogP contribution is -2.27. The Morgan fingerprint density at radius 1 is 0.567 bits per heavy atom. The van der Waals surface area contributed by atoms with Crippen LogP contribution in [0.2, 0.25) is 0 Å². The number of rotatable bonds is 21. The summed E-state index contributed by atoms with van der Waals surface area (Å²) in [7, 11) is 0. The van der Waals surface area contributed by atoms with Gasteiger partial charge >= 0.3 is 23.9 Å². The van der Waals surface area contributed by atoms with Gasteiger partial charge in [0.05, 0.1) is 30.6 Å². The second-order valence-corrected chi connectivity index (χ2v) is 14.7. The van der Waals surface area contributed by atoms with Crippen molar-refractivity contribution in [2.45, 2.75) is 65.2 Å². The van der Waals surface area contributed by atoms with E-state index in [2.05, 4.69) is 13.2 Å². The molecule has 2 saturated carbocycles. The number of benzene rings is 3. The summed E-state index contributed by atoms with van der Waals surface area (Å²) in [5.41, 5.74) is 0.728. The topological polar surface area (TPSA) is 178 Å². The van der Waals surface area contributed by atoms with E-state index in [1.165, 1.54) is 12.1 Å². The van der Waals surface area contributed by atoms with Crippen LogP contribution >= 0.6 is 0 Å². The van der Waals surface area contributed by atoms with Crippen LogP contribution < -0.4 is 28.7 Å². The van der Waals surface area contributed by atoms with Crippen molar-refractivity contribution in [1.29, 1.82) is 0 Å². The predicted molar refractivity (Wildman–Crippen MR) is 213 cm³/mol. The minimum Gasteiger partial charge on any atom is -0.457 e. The van der Waals surface area contributed by atoms with Crippen LogP contribution in [0.1, 0.15) is 75.6 Å². The van der Waals surface area contributed by atoms with E-state index in [1.807, 2.05) is 0 Å². The Balaban J connectivity index is 0.941. The van der Waals surface area contributed by atoms with Crippen LogP contribution in [-0.4, -0.2) is 57.0 Å². The zero-order valence-corrected chi connectivity index (χ0v) is 33.8. The summed E-state index contributed by atoms with van der Waals surface area (Å²) >= 11 is 0. The van der Waals surface area contributed by atoms with Gasteiger partial charge in [-0.2, -0.15) is 9.78 Å². The minimum absolute atomic E-state index is 0.144. The SMILES string of the molecule is C=C(C)C(=O)OCOc1ccc(OOCC2CCC(C(=O)Oc3ccc(OOCC4CCC(C(=O)Oc5ccc(OCOC(=O)C(=C)C)cc5)CC4)c(C=O)c3)CC2)cc1. The molecule has 15 heteroatoms. The molecule has 5 rings (SSSR count). The predicted octanol–water partition coefficient (Wildman–Crippen LogP) is 7.86. The summed E-state index contributed by atoms with van der Waals surface area (Å²) < 4.78 is 31.7. The molecule has 0 atom stereocenters. The van der Waals surface area contributed by atoms with E-state index >= 15 is 0 Å². The smallest absolute Gasteiger partial charge is 0.335 e. The van der Waals surface area contributed by atoms with E-state index in [-0.39, 0.29) is 84.0 Å². The molecule has 0 unspecified atom stereocenters. The summed E-state index contributed by atoms with van der Waals surface area (Å²) in [6.45, 7) is 10.2. The van der Waals surface area contributed by atoms with Crippen molar-refractivity contribution in [1.82, 2.24) is 0 Å². The van der Waals surface area contributed by atoms with Gasteiger partial charge < -0.3 is 38.2 Å². The third-order valence-electron chi connectivity index (χ3n) is 9.99. The maximum Gasteiger partial charge on any atom is 0.335 e. The number of carbonyl (C=O) groups excluding carboxylic acids is 5. The van der Waals surface area contributed by atoms with Gasteiger partial charge in [-0.15, -0.1) is 0 Å². The molecule has 3 aromatic rings. The van der Waals surface area contributed by atoms with Gasteiger partial charge in [0.1, 0.15) is 23.0 Å². The Bertz CT molecular complexity index is 1940. The molecule has 0 bridgehead atoms. The van der Waals surface area contributed by atoms with E-state index in [0.29, 0.717) is 61.6 Å². The number of aldehydes is 1. The van der Waals surface area contributed by atoms with E-state index < -0.39 is 11.9 Å². The zero-order valence-electron chi connectivity index (χ0n) is 33.8. The number of hydrogen-bond acceptors (Lipinski definition) is 15. The fourth-order valence-corrected chi connectivity index (χ4v) is 6.42. The molecule has 0 aromatic heterocycles. The van der Waals surface area contributed by atoms with Gasteiger partial charge in [0.25, 0.3) is 0 Å². The highest BCUT2D eigenvalue weighted by atomic mass is 17.2. The Morgan fingerprint density at radius 3 is 1.45 bits per heavy atom. The highest BCUT2D eigenvalue weighted by Gasteiger charge is 2.30. The van der Waals surface area contributed by atoms with Crippen LogP contribution in [-0.2, 0) is 38.4 Å². The Labute approximate surface area is 348 Å². The van der Waals surface area contributed by atoms with Gasteiger partial charge in [0.15, 0.2) is 17.8 Å². The number of carbonyl (C=O) groups is 5. The molecular formula is C45H50O15. The fraction of sp³-hybridized carbons (Fsp3) is 0.400. The molecule has 2 fully saturated rings. The van der Waals surface area contributed by atoms with Crippen LogP contribution in [0.5, 0.6) is 34.5 Å². The lowest BCUT2D eigenvalue weighted by molar-refractivity contribution is -0.218. The minimum atomic E-state index is -0.548. The maximum absolute atomic E-state index is 13.0. The van der Waals surface area contributed by atoms with Crippen molar-refractivity contribution in [3.63, 3.8) is 0 Å². The molecule has 0 N–H and O–H groups in total. The van der Waals surface area contributed by atoms with Crippen LogP contribution in [0.25, 0.3) is 0 Å². The lowest BCUT2D eigenvalue weighted by Gasteiger charge is -2.26. The summed E-state index contributed by atoms with van der Waals surface area (Å²) in [6.07, 6.45) is 6.04. The van der Waals surface area contributed by atoms with E-state index in [1.54, 1.807) is 68.4 Å². The molecule has 0 heterocycles. The maximum atomic E-state index is 13.0. The zero-order chi connectivity index (χ0) is 42.9. The van der Waals surface area contributed by atoms with Crippen molar-refractivity contribution >= 4 is 30.2 Å². The summed E-state index contributed by atoms with van der Waals surface area (Å²) in [4.78, 5) is 82.4. The first-order valence-electron chi connectivity index (χ1n) is 19.7. The quantitative estimate of drug-likeness (QED) is 0.0193. The van der Waals surface area contributed by atoms with Crippen molar-refractivity contribution in [2.75, 3.05) is 26.8 Å². The van der Waals surface area contributed by atoms with Gasteiger partial charge in [-0.25, -0.2) is 9.59 Å². The van der Waals surface area contributed by atoms with E-state index in [0.717, 1.165) is 25.7 Å². The first-order chi connectivity index (χ1) is 29.0. The molecule has 2 aliphatic carbocycles. The molecule has 60 heavy (non-hydrogen) atoms. The molecule has 320 valence electrons. The largest absolute Gasteiger partial charge is 0.457 e. The number of hydrogen-bond donors (Lipinski definition) is 0. The van der Waals surface area contributed by atoms with Crippen LogP contribution in [0, 0.1) is 23.7 Å². The summed E-state index contributed by atoms with van der Waals surface area (Å²) in [5, 5.41) is 0. The van der Waals surface area contributed by atoms with Crippen molar-refractivity contribution in [2.24, 2.45) is 23.7 Å². The lowest BCUT2D eigenvalue weighted by atomic mass is 9.82. The first kappa shape index (κ1) is 44.9. The Hall–Kier alpha value is -6.19. The third kappa shape index (κ3) is 14.3. The van der Waals surface area contributed by atoms with Crippen LogP contribution in [0.4, 0.5) is 0 Å². The molecular weight excluding hydrogens is 780 g/mol. The van der Waals surface area contributed by atoms with Gasteiger partial charge in [0, 0.05) is 11.1 Å². The molecule has 0 radical (unpaired) electrons. The summed E-state index contributed by atoms with van der Waals surface area (Å²) in [6, 6.07) is 17.6. The van der Waals surface area contributed by atoms with E-state index in [4.69, 9.17) is 48.0 Å². The average Bonchev–Trinajstić information content (AvgIpc) is 3.25. The molecule has 0 spiro atoms. The molecule has 2 aliphatic rings. The second kappa shape index (κ2) is 22.8.